The van der Waals surface area contributed by atoms with E-state index in [2.05, 4.69) is 12.1 Å². The molecule has 1 unspecified atom stereocenters. The van der Waals surface area contributed by atoms with Gasteiger partial charge in [0.15, 0.2) is 5.78 Å². The van der Waals surface area contributed by atoms with Crippen molar-refractivity contribution in [3.8, 4) is 0 Å². The zero-order valence-corrected chi connectivity index (χ0v) is 22.4. The SMILES string of the molecule is COC(=O)C[C@@H]1C[C@@H](C(N)C(=O)c2ccc([C@H]3CC[C@@H](CN)CC3)cc2)N(CCCc2ccccc2)C1=O. The van der Waals surface area contributed by atoms with Crippen molar-refractivity contribution in [2.45, 2.75) is 69.4 Å². The number of rotatable bonds is 11. The number of hydrogen-bond acceptors (Lipinski definition) is 6. The van der Waals surface area contributed by atoms with E-state index in [0.29, 0.717) is 30.4 Å². The highest BCUT2D eigenvalue weighted by Gasteiger charge is 2.44. The molecule has 1 aliphatic carbocycles. The standard InChI is InChI=1S/C31H41N3O4/c1-38-28(35)19-26-18-27(34(31(26)37)17-5-8-21-6-3-2-4-7-21)29(33)30(36)25-15-13-24(14-16-25)23-11-9-22(20-32)10-12-23/h2-4,6-7,13-16,22-23,26-27,29H,5,8-12,17-20,32-33H2,1H3/t22-,23+,26-,27-,29?/m0/s1. The monoisotopic (exact) mass is 519 g/mol. The number of benzene rings is 2. The molecule has 0 radical (unpaired) electrons. The number of nitrogens with zero attached hydrogens (tertiary/aromatic N) is 1. The molecule has 1 amide bonds. The van der Waals surface area contributed by atoms with E-state index in [1.807, 2.05) is 42.5 Å². The Labute approximate surface area is 225 Å². The van der Waals surface area contributed by atoms with Crippen molar-refractivity contribution in [3.05, 3.63) is 71.3 Å². The molecule has 3 atom stereocenters. The molecule has 4 rings (SSSR count). The van der Waals surface area contributed by atoms with Crippen LogP contribution in [-0.4, -0.2) is 54.8 Å². The van der Waals surface area contributed by atoms with Gasteiger partial charge in [-0.1, -0.05) is 54.6 Å². The van der Waals surface area contributed by atoms with Crippen LogP contribution in [0.25, 0.3) is 0 Å². The third-order valence-electron chi connectivity index (χ3n) is 8.47. The number of aryl methyl sites for hydroxylation is 1. The predicted molar refractivity (Wildman–Crippen MR) is 148 cm³/mol. The summed E-state index contributed by atoms with van der Waals surface area (Å²) in [6, 6.07) is 16.6. The van der Waals surface area contributed by atoms with E-state index >= 15 is 0 Å². The Morgan fingerprint density at radius 2 is 1.71 bits per heavy atom. The molecule has 0 spiro atoms. The lowest BCUT2D eigenvalue weighted by Gasteiger charge is -2.29. The average Bonchev–Trinajstić information content (AvgIpc) is 3.27. The Morgan fingerprint density at radius 1 is 1.03 bits per heavy atom. The van der Waals surface area contributed by atoms with Crippen molar-refractivity contribution >= 4 is 17.7 Å². The highest BCUT2D eigenvalue weighted by molar-refractivity contribution is 6.01. The third-order valence-corrected chi connectivity index (χ3v) is 8.47. The van der Waals surface area contributed by atoms with Crippen LogP contribution in [0.2, 0.25) is 0 Å². The summed E-state index contributed by atoms with van der Waals surface area (Å²) in [6.45, 7) is 1.24. The van der Waals surface area contributed by atoms with Crippen molar-refractivity contribution in [2.24, 2.45) is 23.3 Å². The molecular weight excluding hydrogens is 478 g/mol. The Kier molecular flexibility index (Phi) is 9.69. The molecule has 0 aromatic heterocycles. The second kappa shape index (κ2) is 13.2. The van der Waals surface area contributed by atoms with Crippen LogP contribution >= 0.6 is 0 Å². The second-order valence-corrected chi connectivity index (χ2v) is 10.9. The van der Waals surface area contributed by atoms with Crippen LogP contribution in [0.5, 0.6) is 0 Å². The summed E-state index contributed by atoms with van der Waals surface area (Å²) in [5.41, 5.74) is 15.4. The molecule has 2 aromatic carbocycles. The van der Waals surface area contributed by atoms with Crippen LogP contribution in [0, 0.1) is 11.8 Å². The molecule has 2 aliphatic rings. The van der Waals surface area contributed by atoms with Crippen LogP contribution in [0.3, 0.4) is 0 Å². The highest BCUT2D eigenvalue weighted by Crippen LogP contribution is 2.36. The van der Waals surface area contributed by atoms with E-state index < -0.39 is 24.0 Å². The average molecular weight is 520 g/mol. The lowest BCUT2D eigenvalue weighted by molar-refractivity contribution is -0.144. The maximum atomic E-state index is 13.5. The Balaban J connectivity index is 1.43. The van der Waals surface area contributed by atoms with Gasteiger partial charge in [0.05, 0.1) is 31.5 Å². The first-order valence-corrected chi connectivity index (χ1v) is 13.9. The minimum absolute atomic E-state index is 0.00300. The summed E-state index contributed by atoms with van der Waals surface area (Å²) in [5.74, 6) is -0.119. The zero-order valence-electron chi connectivity index (χ0n) is 22.4. The number of methoxy groups -OCH3 is 1. The fraction of sp³-hybridized carbons (Fsp3) is 0.516. The number of esters is 1. The Hall–Kier alpha value is -3.03. The number of hydrogen-bond donors (Lipinski definition) is 2. The quantitative estimate of drug-likeness (QED) is 0.344. The molecule has 1 heterocycles. The maximum Gasteiger partial charge on any atom is 0.306 e. The topological polar surface area (TPSA) is 116 Å². The zero-order chi connectivity index (χ0) is 27.1. The van der Waals surface area contributed by atoms with Gasteiger partial charge < -0.3 is 21.1 Å². The van der Waals surface area contributed by atoms with Gasteiger partial charge in [-0.25, -0.2) is 0 Å². The van der Waals surface area contributed by atoms with Crippen molar-refractivity contribution < 1.29 is 19.1 Å². The number of carbonyl (C=O) groups is 3. The number of amides is 1. The van der Waals surface area contributed by atoms with Gasteiger partial charge in [-0.3, -0.25) is 14.4 Å². The van der Waals surface area contributed by atoms with Crippen molar-refractivity contribution in [2.75, 3.05) is 20.2 Å². The number of carbonyl (C=O) groups excluding carboxylic acids is 3. The van der Waals surface area contributed by atoms with Crippen molar-refractivity contribution in [1.82, 2.24) is 4.90 Å². The van der Waals surface area contributed by atoms with Crippen LogP contribution < -0.4 is 11.5 Å². The van der Waals surface area contributed by atoms with Gasteiger partial charge in [0.1, 0.15) is 0 Å². The maximum absolute atomic E-state index is 13.5. The van der Waals surface area contributed by atoms with E-state index in [1.165, 1.54) is 18.2 Å². The van der Waals surface area contributed by atoms with Crippen molar-refractivity contribution in [3.63, 3.8) is 0 Å². The first-order chi connectivity index (χ1) is 18.4. The summed E-state index contributed by atoms with van der Waals surface area (Å²) in [4.78, 5) is 40.4. The molecule has 204 valence electrons. The minimum atomic E-state index is -0.857. The van der Waals surface area contributed by atoms with Gasteiger partial charge >= 0.3 is 5.97 Å². The molecule has 0 bridgehead atoms. The minimum Gasteiger partial charge on any atom is -0.469 e. The van der Waals surface area contributed by atoms with Gasteiger partial charge in [-0.2, -0.15) is 0 Å². The van der Waals surface area contributed by atoms with E-state index in [0.717, 1.165) is 45.1 Å². The molecule has 2 fully saturated rings. The molecule has 1 saturated carbocycles. The normalized spacial score (nSPS) is 24.3. The molecule has 1 saturated heterocycles. The van der Waals surface area contributed by atoms with Crippen LogP contribution in [-0.2, 0) is 20.7 Å². The van der Waals surface area contributed by atoms with Crippen LogP contribution in [0.1, 0.15) is 72.3 Å². The first kappa shape index (κ1) is 28.0. The molecule has 2 aromatic rings. The molecule has 7 heteroatoms. The fourth-order valence-electron chi connectivity index (χ4n) is 6.11. The fourth-order valence-corrected chi connectivity index (χ4v) is 6.11. The van der Waals surface area contributed by atoms with Gasteiger partial charge in [0, 0.05) is 12.1 Å². The molecule has 1 aliphatic heterocycles. The Morgan fingerprint density at radius 3 is 2.34 bits per heavy atom. The molecule has 38 heavy (non-hydrogen) atoms. The smallest absolute Gasteiger partial charge is 0.306 e. The summed E-state index contributed by atoms with van der Waals surface area (Å²) in [6.07, 6.45) is 6.48. The molecule has 4 N–H and O–H groups in total. The summed E-state index contributed by atoms with van der Waals surface area (Å²) < 4.78 is 4.81. The summed E-state index contributed by atoms with van der Waals surface area (Å²) in [5, 5.41) is 0. The first-order valence-electron chi connectivity index (χ1n) is 13.9. The summed E-state index contributed by atoms with van der Waals surface area (Å²) in [7, 11) is 1.32. The number of Topliss-reactive ketones (excluding diaryl/α,β-unsaturated/α-hetero) is 1. The van der Waals surface area contributed by atoms with Crippen LogP contribution in [0.4, 0.5) is 0 Å². The highest BCUT2D eigenvalue weighted by atomic mass is 16.5. The van der Waals surface area contributed by atoms with Gasteiger partial charge in [-0.15, -0.1) is 0 Å². The van der Waals surface area contributed by atoms with E-state index in [-0.39, 0.29) is 18.1 Å². The molecule has 7 nitrogen and oxygen atoms in total. The van der Waals surface area contributed by atoms with Gasteiger partial charge in [0.25, 0.3) is 0 Å². The molecular formula is C31H41N3O4. The largest absolute Gasteiger partial charge is 0.469 e. The van der Waals surface area contributed by atoms with Crippen LogP contribution in [0.15, 0.2) is 54.6 Å². The number of nitrogens with two attached hydrogens (primary N) is 2. The number of ether oxygens (including phenoxy) is 1. The van der Waals surface area contributed by atoms with E-state index in [9.17, 15) is 14.4 Å². The van der Waals surface area contributed by atoms with Gasteiger partial charge in [0.2, 0.25) is 5.91 Å². The van der Waals surface area contributed by atoms with E-state index in [1.54, 1.807) is 4.90 Å². The number of ketones is 1. The van der Waals surface area contributed by atoms with E-state index in [4.69, 9.17) is 16.2 Å². The van der Waals surface area contributed by atoms with Gasteiger partial charge in [-0.05, 0) is 74.5 Å². The van der Waals surface area contributed by atoms with Crippen molar-refractivity contribution in [1.29, 1.82) is 0 Å². The third kappa shape index (κ3) is 6.69. The number of likely N-dealkylation sites (tertiary alicyclic amines) is 1. The Bertz CT molecular complexity index is 1080. The lowest BCUT2D eigenvalue weighted by Crippen LogP contribution is -2.50. The predicted octanol–water partition coefficient (Wildman–Crippen LogP) is 3.84. The lowest BCUT2D eigenvalue weighted by atomic mass is 9.78. The second-order valence-electron chi connectivity index (χ2n) is 10.9. The summed E-state index contributed by atoms with van der Waals surface area (Å²) >= 11 is 0.